The molecule has 78 valence electrons. The van der Waals surface area contributed by atoms with E-state index in [4.69, 9.17) is 11.6 Å². The van der Waals surface area contributed by atoms with Crippen molar-refractivity contribution in [3.63, 3.8) is 0 Å². The molecule has 2 aromatic carbocycles. The minimum Gasteiger partial charge on any atom is -0.412 e. The van der Waals surface area contributed by atoms with Gasteiger partial charge < -0.3 is 5.48 Å². The fourth-order valence-electron chi connectivity index (χ4n) is 2.36. The molecule has 0 radical (unpaired) electrons. The van der Waals surface area contributed by atoms with Gasteiger partial charge in [-0.15, -0.1) is 11.6 Å². The van der Waals surface area contributed by atoms with Crippen LogP contribution in [0.3, 0.4) is 0 Å². The van der Waals surface area contributed by atoms with Crippen LogP contribution in [0.15, 0.2) is 36.4 Å². The van der Waals surface area contributed by atoms with Gasteiger partial charge in [0.15, 0.2) is 0 Å². The summed E-state index contributed by atoms with van der Waals surface area (Å²) in [6, 6.07) is 12.9. The zero-order valence-electron chi connectivity index (χ0n) is 8.33. The smallest absolute Gasteiger partial charge is 0.0594 e. The fraction of sp³-hybridized carbons (Fsp3) is 0.231. The van der Waals surface area contributed by atoms with Gasteiger partial charge in [-0.05, 0) is 34.7 Å². The molecule has 0 bridgehead atoms. The summed E-state index contributed by atoms with van der Waals surface area (Å²) in [5.74, 6) is 0. The molecule has 0 saturated heterocycles. The van der Waals surface area contributed by atoms with Crippen LogP contribution in [-0.4, -0.2) is 5.48 Å². The van der Waals surface area contributed by atoms with Gasteiger partial charge in [0.05, 0.1) is 5.38 Å². The van der Waals surface area contributed by atoms with Gasteiger partial charge in [0, 0.05) is 0 Å². The minimum absolute atomic E-state index is 0. The van der Waals surface area contributed by atoms with E-state index in [-0.39, 0.29) is 10.9 Å². The van der Waals surface area contributed by atoms with Crippen LogP contribution in [0.2, 0.25) is 0 Å². The summed E-state index contributed by atoms with van der Waals surface area (Å²) >= 11 is 6.31. The molecule has 2 N–H and O–H groups in total. The summed E-state index contributed by atoms with van der Waals surface area (Å²) in [5, 5.41) is 2.92. The number of benzene rings is 2. The Bertz CT molecular complexity index is 488. The van der Waals surface area contributed by atoms with Crippen LogP contribution in [0.25, 0.3) is 10.8 Å². The third-order valence-corrected chi connectivity index (χ3v) is 3.48. The lowest BCUT2D eigenvalue weighted by atomic mass is 9.88. The molecular formula is C13H13ClO. The van der Waals surface area contributed by atoms with E-state index < -0.39 is 0 Å². The van der Waals surface area contributed by atoms with Crippen molar-refractivity contribution in [3.05, 3.63) is 47.5 Å². The van der Waals surface area contributed by atoms with E-state index in [2.05, 4.69) is 36.4 Å². The van der Waals surface area contributed by atoms with Crippen molar-refractivity contribution < 1.29 is 5.48 Å². The van der Waals surface area contributed by atoms with Crippen LogP contribution in [0.1, 0.15) is 22.9 Å². The lowest BCUT2D eigenvalue weighted by Crippen LogP contribution is -2.03. The molecule has 2 aromatic rings. The fourth-order valence-corrected chi connectivity index (χ4v) is 2.65. The Morgan fingerprint density at radius 3 is 2.60 bits per heavy atom. The molecule has 0 aliphatic heterocycles. The summed E-state index contributed by atoms with van der Waals surface area (Å²) in [6.07, 6.45) is 2.18. The number of aryl methyl sites for hydroxylation is 1. The van der Waals surface area contributed by atoms with E-state index in [0.29, 0.717) is 0 Å². The van der Waals surface area contributed by atoms with Crippen LogP contribution in [0, 0.1) is 0 Å². The van der Waals surface area contributed by atoms with Crippen LogP contribution in [0.5, 0.6) is 0 Å². The molecule has 1 atom stereocenters. The molecule has 0 saturated carbocycles. The molecule has 0 fully saturated rings. The summed E-state index contributed by atoms with van der Waals surface area (Å²) in [5.41, 5.74) is 2.76. The molecule has 15 heavy (non-hydrogen) atoms. The Labute approximate surface area is 94.0 Å². The van der Waals surface area contributed by atoms with Gasteiger partial charge in [-0.1, -0.05) is 36.4 Å². The standard InChI is InChI=1S/C13H11Cl.H2O/c14-12-8-7-10-4-1-3-9-5-2-6-11(12)13(9)10;/h1-6,12H,7-8H2;1H2. The van der Waals surface area contributed by atoms with Crippen molar-refractivity contribution in [1.82, 2.24) is 0 Å². The topological polar surface area (TPSA) is 31.5 Å². The molecule has 1 unspecified atom stereocenters. The van der Waals surface area contributed by atoms with Gasteiger partial charge in [0.25, 0.3) is 0 Å². The van der Waals surface area contributed by atoms with E-state index in [9.17, 15) is 0 Å². The van der Waals surface area contributed by atoms with E-state index in [1.807, 2.05) is 0 Å². The Kier molecular flexibility index (Phi) is 2.68. The van der Waals surface area contributed by atoms with Crippen LogP contribution in [-0.2, 0) is 6.42 Å². The normalized spacial score (nSPS) is 18.6. The second-order valence-corrected chi connectivity index (χ2v) is 4.40. The molecule has 1 aliphatic carbocycles. The molecule has 0 amide bonds. The molecule has 0 heterocycles. The largest absolute Gasteiger partial charge is 0.412 e. The Balaban J connectivity index is 0.000000853. The first-order valence-corrected chi connectivity index (χ1v) is 5.44. The van der Waals surface area contributed by atoms with Gasteiger partial charge in [-0.2, -0.15) is 0 Å². The first-order valence-electron chi connectivity index (χ1n) is 5.01. The molecule has 0 spiro atoms. The quantitative estimate of drug-likeness (QED) is 0.611. The van der Waals surface area contributed by atoms with E-state index >= 15 is 0 Å². The molecule has 2 heteroatoms. The van der Waals surface area contributed by atoms with Crippen molar-refractivity contribution >= 4 is 22.4 Å². The molecule has 0 aromatic heterocycles. The van der Waals surface area contributed by atoms with Crippen molar-refractivity contribution in [2.75, 3.05) is 0 Å². The van der Waals surface area contributed by atoms with Crippen LogP contribution >= 0.6 is 11.6 Å². The van der Waals surface area contributed by atoms with Crippen molar-refractivity contribution in [3.8, 4) is 0 Å². The van der Waals surface area contributed by atoms with Crippen molar-refractivity contribution in [2.45, 2.75) is 18.2 Å². The average Bonchev–Trinajstić information content (AvgIpc) is 2.24. The summed E-state index contributed by atoms with van der Waals surface area (Å²) in [6.45, 7) is 0. The zero-order valence-corrected chi connectivity index (χ0v) is 9.09. The van der Waals surface area contributed by atoms with E-state index in [1.54, 1.807) is 0 Å². The Hall–Kier alpha value is -1.05. The predicted molar refractivity (Wildman–Crippen MR) is 64.5 cm³/mol. The number of alkyl halides is 1. The Morgan fingerprint density at radius 1 is 1.07 bits per heavy atom. The monoisotopic (exact) mass is 220 g/mol. The zero-order chi connectivity index (χ0) is 9.54. The lowest BCUT2D eigenvalue weighted by molar-refractivity contribution is 0.781. The first-order chi connectivity index (χ1) is 6.86. The van der Waals surface area contributed by atoms with Crippen molar-refractivity contribution in [2.24, 2.45) is 0 Å². The SMILES string of the molecule is ClC1CCc2cccc3cccc1c23.O. The molecule has 1 aliphatic rings. The van der Waals surface area contributed by atoms with E-state index in [0.717, 1.165) is 12.8 Å². The number of halogens is 1. The van der Waals surface area contributed by atoms with Gasteiger partial charge in [-0.3, -0.25) is 0 Å². The number of hydrogen-bond donors (Lipinski definition) is 0. The number of rotatable bonds is 0. The second-order valence-electron chi connectivity index (χ2n) is 3.87. The minimum atomic E-state index is 0. The maximum Gasteiger partial charge on any atom is 0.0594 e. The Morgan fingerprint density at radius 2 is 1.80 bits per heavy atom. The molecular weight excluding hydrogens is 208 g/mol. The summed E-state index contributed by atoms with van der Waals surface area (Å²) < 4.78 is 0. The van der Waals surface area contributed by atoms with Crippen LogP contribution in [0.4, 0.5) is 0 Å². The first kappa shape index (κ1) is 10.5. The highest BCUT2D eigenvalue weighted by Gasteiger charge is 2.18. The van der Waals surface area contributed by atoms with Gasteiger partial charge in [-0.25, -0.2) is 0 Å². The third kappa shape index (κ3) is 1.52. The van der Waals surface area contributed by atoms with Crippen LogP contribution < -0.4 is 0 Å². The number of hydrogen-bond acceptors (Lipinski definition) is 0. The lowest BCUT2D eigenvalue weighted by Gasteiger charge is -2.21. The highest BCUT2D eigenvalue weighted by Crippen LogP contribution is 2.38. The predicted octanol–water partition coefficient (Wildman–Crippen LogP) is 3.24. The van der Waals surface area contributed by atoms with Gasteiger partial charge in [0.2, 0.25) is 0 Å². The van der Waals surface area contributed by atoms with Gasteiger partial charge in [0.1, 0.15) is 0 Å². The maximum absolute atomic E-state index is 6.31. The average molecular weight is 221 g/mol. The summed E-state index contributed by atoms with van der Waals surface area (Å²) in [4.78, 5) is 0. The highest BCUT2D eigenvalue weighted by molar-refractivity contribution is 6.22. The van der Waals surface area contributed by atoms with Gasteiger partial charge >= 0.3 is 0 Å². The summed E-state index contributed by atoms with van der Waals surface area (Å²) in [7, 11) is 0. The second kappa shape index (κ2) is 3.84. The highest BCUT2D eigenvalue weighted by atomic mass is 35.5. The third-order valence-electron chi connectivity index (χ3n) is 3.03. The molecule has 3 rings (SSSR count). The maximum atomic E-state index is 6.31. The van der Waals surface area contributed by atoms with E-state index in [1.165, 1.54) is 21.9 Å². The molecule has 1 nitrogen and oxygen atoms in total. The van der Waals surface area contributed by atoms with Crippen molar-refractivity contribution in [1.29, 1.82) is 0 Å².